The van der Waals surface area contributed by atoms with E-state index in [2.05, 4.69) is 11.8 Å². The lowest BCUT2D eigenvalue weighted by molar-refractivity contribution is -0.149. The summed E-state index contributed by atoms with van der Waals surface area (Å²) in [6.07, 6.45) is 1.77. The summed E-state index contributed by atoms with van der Waals surface area (Å²) < 4.78 is 34.1. The summed E-state index contributed by atoms with van der Waals surface area (Å²) in [6, 6.07) is 0. The van der Waals surface area contributed by atoms with E-state index in [-0.39, 0.29) is 12.8 Å². The fraction of sp³-hybridized carbons (Fsp3) is 0.750. The highest BCUT2D eigenvalue weighted by Crippen LogP contribution is 2.52. The van der Waals surface area contributed by atoms with Gasteiger partial charge >= 0.3 is 11.9 Å². The summed E-state index contributed by atoms with van der Waals surface area (Å²) in [5.41, 5.74) is 0. The van der Waals surface area contributed by atoms with E-state index in [1.54, 1.807) is 6.08 Å². The largest absolute Gasteiger partial charge is 0.488 e. The number of alkyl halides is 2. The summed E-state index contributed by atoms with van der Waals surface area (Å²) in [4.78, 5) is 10.5. The first-order valence-corrected chi connectivity index (χ1v) is 9.59. The minimum Gasteiger partial charge on any atom is -0.488 e. The van der Waals surface area contributed by atoms with Crippen LogP contribution in [0.3, 0.4) is 0 Å². The Morgan fingerprint density at radius 2 is 2.15 bits per heavy atom. The van der Waals surface area contributed by atoms with Gasteiger partial charge in [-0.1, -0.05) is 31.6 Å². The van der Waals surface area contributed by atoms with Gasteiger partial charge in [0.1, 0.15) is 12.2 Å². The molecule has 27 heavy (non-hydrogen) atoms. The Hall–Kier alpha value is -1.65. The Balaban J connectivity index is 2.01. The summed E-state index contributed by atoms with van der Waals surface area (Å²) >= 11 is 0. The Kier molecular flexibility index (Phi) is 7.63. The molecule has 152 valence electrons. The number of aliphatic hydroxyl groups excluding tert-OH is 2. The van der Waals surface area contributed by atoms with Crippen LogP contribution in [-0.4, -0.2) is 45.5 Å². The van der Waals surface area contributed by atoms with Gasteiger partial charge in [-0.25, -0.2) is 0 Å². The SMILES string of the molecule is CCCCC[C@H](O)C#C[C@@H]1[C@H]2C/C(=C/CCCC(=O)O)O[C@H]2C(F)(F)[C@H]1O. The van der Waals surface area contributed by atoms with Gasteiger partial charge in [0.2, 0.25) is 0 Å². The van der Waals surface area contributed by atoms with Gasteiger partial charge in [0, 0.05) is 18.8 Å². The van der Waals surface area contributed by atoms with Gasteiger partial charge < -0.3 is 20.1 Å². The molecule has 0 spiro atoms. The normalized spacial score (nSPS) is 31.1. The Morgan fingerprint density at radius 3 is 2.81 bits per heavy atom. The highest BCUT2D eigenvalue weighted by Gasteiger charge is 2.66. The predicted molar refractivity (Wildman–Crippen MR) is 94.9 cm³/mol. The van der Waals surface area contributed by atoms with Crippen LogP contribution in [0.2, 0.25) is 0 Å². The van der Waals surface area contributed by atoms with Crippen LogP contribution >= 0.6 is 0 Å². The zero-order valence-electron chi connectivity index (χ0n) is 15.5. The van der Waals surface area contributed by atoms with Crippen molar-refractivity contribution in [3.05, 3.63) is 11.8 Å². The maximum absolute atomic E-state index is 14.4. The van der Waals surface area contributed by atoms with Crippen LogP contribution in [-0.2, 0) is 9.53 Å². The number of carboxylic acid groups (broad SMARTS) is 1. The minimum atomic E-state index is -3.41. The second-order valence-corrected chi connectivity index (χ2v) is 7.31. The van der Waals surface area contributed by atoms with Crippen molar-refractivity contribution in [2.45, 2.75) is 82.5 Å². The zero-order chi connectivity index (χ0) is 20.0. The van der Waals surface area contributed by atoms with Crippen LogP contribution in [0.1, 0.15) is 58.3 Å². The first-order valence-electron chi connectivity index (χ1n) is 9.59. The van der Waals surface area contributed by atoms with Gasteiger partial charge in [-0.3, -0.25) is 4.79 Å². The van der Waals surface area contributed by atoms with Crippen LogP contribution in [0, 0.1) is 23.7 Å². The van der Waals surface area contributed by atoms with Crippen LogP contribution in [0.4, 0.5) is 8.78 Å². The van der Waals surface area contributed by atoms with Crippen molar-refractivity contribution in [2.24, 2.45) is 11.8 Å². The molecule has 5 nitrogen and oxygen atoms in total. The van der Waals surface area contributed by atoms with Crippen molar-refractivity contribution in [3.63, 3.8) is 0 Å². The summed E-state index contributed by atoms with van der Waals surface area (Å²) in [6.45, 7) is 2.04. The Bertz CT molecular complexity index is 607. The molecule has 2 aliphatic rings. The number of carboxylic acids is 1. The number of halogens is 2. The smallest absolute Gasteiger partial charge is 0.310 e. The predicted octanol–water partition coefficient (Wildman–Crippen LogP) is 3.10. The molecule has 3 N–H and O–H groups in total. The molecule has 0 radical (unpaired) electrons. The van der Waals surface area contributed by atoms with Gasteiger partial charge in [0.25, 0.3) is 0 Å². The molecule has 0 aromatic rings. The molecule has 1 aliphatic carbocycles. The molecule has 7 heteroatoms. The maximum atomic E-state index is 14.4. The molecule has 1 saturated carbocycles. The minimum absolute atomic E-state index is 0.00946. The highest BCUT2D eigenvalue weighted by atomic mass is 19.3. The average molecular weight is 386 g/mol. The third-order valence-electron chi connectivity index (χ3n) is 5.14. The zero-order valence-corrected chi connectivity index (χ0v) is 15.5. The first-order chi connectivity index (χ1) is 12.8. The first kappa shape index (κ1) is 21.6. The number of fused-ring (bicyclic) bond motifs is 1. The molecule has 1 heterocycles. The molecule has 0 amide bonds. The number of aliphatic carboxylic acids is 1. The molecule has 0 aromatic heterocycles. The van der Waals surface area contributed by atoms with Crippen molar-refractivity contribution < 1.29 is 33.6 Å². The van der Waals surface area contributed by atoms with E-state index in [4.69, 9.17) is 9.84 Å². The number of aliphatic hydroxyl groups is 2. The van der Waals surface area contributed by atoms with Crippen molar-refractivity contribution in [2.75, 3.05) is 0 Å². The molecule has 2 rings (SSSR count). The lowest BCUT2D eigenvalue weighted by Crippen LogP contribution is -2.39. The molecule has 1 saturated heterocycles. The molecular weight excluding hydrogens is 358 g/mol. The van der Waals surface area contributed by atoms with E-state index in [9.17, 15) is 23.8 Å². The van der Waals surface area contributed by atoms with E-state index >= 15 is 0 Å². The molecule has 5 atom stereocenters. The van der Waals surface area contributed by atoms with Crippen LogP contribution in [0.25, 0.3) is 0 Å². The second-order valence-electron chi connectivity index (χ2n) is 7.31. The molecular formula is C20H28F2O5. The number of ether oxygens (including phenoxy) is 1. The van der Waals surface area contributed by atoms with E-state index in [1.165, 1.54) is 0 Å². The molecule has 1 aliphatic heterocycles. The Labute approximate surface area is 158 Å². The van der Waals surface area contributed by atoms with Crippen LogP contribution < -0.4 is 0 Å². The number of carbonyl (C=O) groups is 1. The van der Waals surface area contributed by atoms with Crippen LogP contribution in [0.5, 0.6) is 0 Å². The van der Waals surface area contributed by atoms with Crippen LogP contribution in [0.15, 0.2) is 11.8 Å². The average Bonchev–Trinajstić information content (AvgIpc) is 3.09. The quantitative estimate of drug-likeness (QED) is 0.441. The van der Waals surface area contributed by atoms with Gasteiger partial charge in [-0.2, -0.15) is 8.78 Å². The van der Waals surface area contributed by atoms with Gasteiger partial charge in [0.05, 0.1) is 11.7 Å². The van der Waals surface area contributed by atoms with E-state index in [0.717, 1.165) is 19.3 Å². The number of unbranched alkanes of at least 4 members (excludes halogenated alkanes) is 3. The van der Waals surface area contributed by atoms with E-state index in [0.29, 0.717) is 25.0 Å². The van der Waals surface area contributed by atoms with Crippen molar-refractivity contribution in [3.8, 4) is 11.8 Å². The fourth-order valence-corrected chi connectivity index (χ4v) is 3.65. The highest BCUT2D eigenvalue weighted by molar-refractivity contribution is 5.66. The van der Waals surface area contributed by atoms with E-state index < -0.39 is 42.0 Å². The lowest BCUT2D eigenvalue weighted by atomic mass is 9.91. The molecule has 0 bridgehead atoms. The fourth-order valence-electron chi connectivity index (χ4n) is 3.65. The van der Waals surface area contributed by atoms with Gasteiger partial charge in [-0.05, 0) is 31.8 Å². The molecule has 0 unspecified atom stereocenters. The third-order valence-corrected chi connectivity index (χ3v) is 5.14. The van der Waals surface area contributed by atoms with Gasteiger partial charge in [0.15, 0.2) is 6.10 Å². The van der Waals surface area contributed by atoms with Crippen molar-refractivity contribution in [1.82, 2.24) is 0 Å². The molecule has 2 fully saturated rings. The third kappa shape index (κ3) is 5.43. The van der Waals surface area contributed by atoms with Crippen molar-refractivity contribution in [1.29, 1.82) is 0 Å². The summed E-state index contributed by atoms with van der Waals surface area (Å²) in [5, 5.41) is 28.5. The number of hydrogen-bond donors (Lipinski definition) is 3. The number of allylic oxidation sites excluding steroid dienone is 2. The molecule has 0 aromatic carbocycles. The lowest BCUT2D eigenvalue weighted by Gasteiger charge is -2.21. The monoisotopic (exact) mass is 386 g/mol. The van der Waals surface area contributed by atoms with E-state index in [1.807, 2.05) is 6.92 Å². The maximum Gasteiger partial charge on any atom is 0.310 e. The van der Waals surface area contributed by atoms with Crippen molar-refractivity contribution >= 4 is 5.97 Å². The second kappa shape index (κ2) is 9.52. The standard InChI is InChI=1S/C20H28F2O5/c1-2-3-4-7-13(23)10-11-15-16-12-14(8-5-6-9-17(24)25)27-19(16)20(21,22)18(15)26/h8,13,15-16,18-19,23,26H,2-7,9,12H2,1H3,(H,24,25)/b14-8-/t13-,15+,16+,18-,19+/m0/s1. The Morgan fingerprint density at radius 1 is 1.41 bits per heavy atom. The summed E-state index contributed by atoms with van der Waals surface area (Å²) in [7, 11) is 0. The topological polar surface area (TPSA) is 87.0 Å². The summed E-state index contributed by atoms with van der Waals surface area (Å²) in [5.74, 6) is -0.227. The number of hydrogen-bond acceptors (Lipinski definition) is 4. The number of rotatable bonds is 8. The van der Waals surface area contributed by atoms with Gasteiger partial charge in [-0.15, -0.1) is 0 Å².